The van der Waals surface area contributed by atoms with Crippen LogP contribution in [0, 0.1) is 5.92 Å². The van der Waals surface area contributed by atoms with Crippen molar-refractivity contribution in [3.05, 3.63) is 24.3 Å². The number of aliphatic hydroxyl groups excluding tert-OH is 2. The van der Waals surface area contributed by atoms with E-state index in [2.05, 4.69) is 4.90 Å². The van der Waals surface area contributed by atoms with E-state index in [4.69, 9.17) is 15.6 Å². The summed E-state index contributed by atoms with van der Waals surface area (Å²) in [4.78, 5) is 2.23. The van der Waals surface area contributed by atoms with Gasteiger partial charge in [-0.05, 0) is 37.4 Å². The molecule has 1 aromatic carbocycles. The van der Waals surface area contributed by atoms with Crippen molar-refractivity contribution < 1.29 is 14.9 Å². The largest absolute Gasteiger partial charge is 0.491 e. The number of aliphatic hydroxyl groups is 2. The third-order valence-electron chi connectivity index (χ3n) is 3.68. The molecule has 1 fully saturated rings. The first-order valence-corrected chi connectivity index (χ1v) is 7.17. The molecule has 0 saturated carbocycles. The van der Waals surface area contributed by atoms with E-state index >= 15 is 0 Å². The van der Waals surface area contributed by atoms with Gasteiger partial charge in [0.2, 0.25) is 0 Å². The minimum atomic E-state index is -0.510. The normalized spacial score (nSPS) is 21.0. The molecule has 112 valence electrons. The highest BCUT2D eigenvalue weighted by molar-refractivity contribution is 5.43. The van der Waals surface area contributed by atoms with Gasteiger partial charge in [0.1, 0.15) is 18.5 Å². The topological polar surface area (TPSA) is 79.0 Å². The summed E-state index contributed by atoms with van der Waals surface area (Å²) in [6.07, 6.45) is 1.44. The molecule has 2 rings (SSSR count). The quantitative estimate of drug-likeness (QED) is 0.641. The van der Waals surface area contributed by atoms with Gasteiger partial charge in [-0.25, -0.2) is 0 Å². The lowest BCUT2D eigenvalue weighted by molar-refractivity contribution is 0.0743. The number of hydrogen-bond acceptors (Lipinski definition) is 5. The molecular formula is C15H24N2O3. The second-order valence-corrected chi connectivity index (χ2v) is 5.46. The van der Waals surface area contributed by atoms with E-state index in [1.165, 1.54) is 0 Å². The average Bonchev–Trinajstić information content (AvgIpc) is 2.84. The van der Waals surface area contributed by atoms with Crippen molar-refractivity contribution in [1.82, 2.24) is 4.90 Å². The minimum Gasteiger partial charge on any atom is -0.491 e. The van der Waals surface area contributed by atoms with Crippen molar-refractivity contribution in [2.45, 2.75) is 18.9 Å². The van der Waals surface area contributed by atoms with Crippen molar-refractivity contribution in [2.24, 2.45) is 5.92 Å². The van der Waals surface area contributed by atoms with E-state index in [0.29, 0.717) is 23.9 Å². The molecule has 1 saturated heterocycles. The predicted octanol–water partition coefficient (Wildman–Crippen LogP) is 0.713. The van der Waals surface area contributed by atoms with Gasteiger partial charge in [-0.15, -0.1) is 0 Å². The maximum Gasteiger partial charge on any atom is 0.121 e. The zero-order valence-corrected chi connectivity index (χ0v) is 11.7. The van der Waals surface area contributed by atoms with Crippen molar-refractivity contribution in [1.29, 1.82) is 0 Å². The first kappa shape index (κ1) is 15.1. The fraction of sp³-hybridized carbons (Fsp3) is 0.600. The Kier molecular flexibility index (Phi) is 5.64. The van der Waals surface area contributed by atoms with Gasteiger partial charge in [0.25, 0.3) is 0 Å². The van der Waals surface area contributed by atoms with Gasteiger partial charge >= 0.3 is 0 Å². The highest BCUT2D eigenvalue weighted by atomic mass is 16.5. The number of nitrogens with zero attached hydrogens (tertiary/aromatic N) is 1. The van der Waals surface area contributed by atoms with E-state index in [9.17, 15) is 5.11 Å². The molecule has 0 bridgehead atoms. The summed E-state index contributed by atoms with van der Waals surface area (Å²) in [7, 11) is 0. The molecule has 4 N–H and O–H groups in total. The second-order valence-electron chi connectivity index (χ2n) is 5.46. The molecule has 20 heavy (non-hydrogen) atoms. The molecule has 0 spiro atoms. The van der Waals surface area contributed by atoms with Gasteiger partial charge in [-0.3, -0.25) is 0 Å². The van der Waals surface area contributed by atoms with Crippen LogP contribution in [-0.4, -0.2) is 54.1 Å². The molecule has 2 unspecified atom stereocenters. The van der Waals surface area contributed by atoms with Crippen molar-refractivity contribution >= 4 is 5.69 Å². The highest BCUT2D eigenvalue weighted by Crippen LogP contribution is 2.19. The molecule has 1 aromatic rings. The Hall–Kier alpha value is -1.30. The first-order valence-electron chi connectivity index (χ1n) is 7.17. The van der Waals surface area contributed by atoms with Crippen LogP contribution in [0.5, 0.6) is 5.75 Å². The molecule has 0 aliphatic carbocycles. The zero-order chi connectivity index (χ0) is 14.4. The summed E-state index contributed by atoms with van der Waals surface area (Å²) in [6, 6.07) is 7.21. The molecule has 5 nitrogen and oxygen atoms in total. The van der Waals surface area contributed by atoms with Crippen LogP contribution in [0.1, 0.15) is 12.8 Å². The van der Waals surface area contributed by atoms with Crippen LogP contribution >= 0.6 is 0 Å². The molecule has 5 heteroatoms. The number of hydrogen-bond donors (Lipinski definition) is 3. The molecular weight excluding hydrogens is 256 g/mol. The number of ether oxygens (including phenoxy) is 1. The van der Waals surface area contributed by atoms with E-state index in [1.54, 1.807) is 12.1 Å². The summed E-state index contributed by atoms with van der Waals surface area (Å²) < 4.78 is 5.54. The van der Waals surface area contributed by atoms with Gasteiger partial charge in [-0.1, -0.05) is 6.07 Å². The SMILES string of the molecule is Nc1cccc(OCC(O)CN2CCC(CCO)C2)c1. The zero-order valence-electron chi connectivity index (χ0n) is 11.7. The number of nitrogens with two attached hydrogens (primary N) is 1. The summed E-state index contributed by atoms with van der Waals surface area (Å²) in [6.45, 7) is 3.07. The minimum absolute atomic E-state index is 0.250. The number of benzene rings is 1. The fourth-order valence-corrected chi connectivity index (χ4v) is 2.64. The Labute approximate surface area is 120 Å². The van der Waals surface area contributed by atoms with Gasteiger partial charge in [0, 0.05) is 31.5 Å². The summed E-state index contributed by atoms with van der Waals surface area (Å²) in [5.41, 5.74) is 6.33. The highest BCUT2D eigenvalue weighted by Gasteiger charge is 2.23. The molecule has 2 atom stereocenters. The molecule has 0 aromatic heterocycles. The van der Waals surface area contributed by atoms with Crippen LogP contribution < -0.4 is 10.5 Å². The number of nitrogen functional groups attached to an aromatic ring is 1. The summed E-state index contributed by atoms with van der Waals surface area (Å²) in [5, 5.41) is 18.9. The Morgan fingerprint density at radius 3 is 3.05 bits per heavy atom. The molecule has 1 aliphatic heterocycles. The maximum absolute atomic E-state index is 10.0. The molecule has 0 radical (unpaired) electrons. The van der Waals surface area contributed by atoms with E-state index in [1.807, 2.05) is 12.1 Å². The van der Waals surface area contributed by atoms with Crippen LogP contribution in [0.3, 0.4) is 0 Å². The van der Waals surface area contributed by atoms with Crippen molar-refractivity contribution in [2.75, 3.05) is 38.6 Å². The lowest BCUT2D eigenvalue weighted by Crippen LogP contribution is -2.34. The van der Waals surface area contributed by atoms with Crippen LogP contribution in [0.15, 0.2) is 24.3 Å². The molecule has 1 heterocycles. The Bertz CT molecular complexity index is 414. The molecule has 0 amide bonds. The van der Waals surface area contributed by atoms with Crippen LogP contribution in [-0.2, 0) is 0 Å². The Morgan fingerprint density at radius 2 is 2.30 bits per heavy atom. The molecule has 1 aliphatic rings. The lowest BCUT2D eigenvalue weighted by atomic mass is 10.1. The Balaban J connectivity index is 1.69. The second kappa shape index (κ2) is 7.47. The number of rotatable bonds is 7. The Morgan fingerprint density at radius 1 is 1.45 bits per heavy atom. The van der Waals surface area contributed by atoms with Crippen LogP contribution in [0.4, 0.5) is 5.69 Å². The van der Waals surface area contributed by atoms with Crippen LogP contribution in [0.2, 0.25) is 0 Å². The third kappa shape index (κ3) is 4.67. The van der Waals surface area contributed by atoms with Gasteiger partial charge in [0.15, 0.2) is 0 Å². The van der Waals surface area contributed by atoms with E-state index in [-0.39, 0.29) is 13.2 Å². The number of anilines is 1. The monoisotopic (exact) mass is 280 g/mol. The van der Waals surface area contributed by atoms with Gasteiger partial charge in [0.05, 0.1) is 0 Å². The fourth-order valence-electron chi connectivity index (χ4n) is 2.64. The van der Waals surface area contributed by atoms with E-state index < -0.39 is 6.10 Å². The smallest absolute Gasteiger partial charge is 0.121 e. The lowest BCUT2D eigenvalue weighted by Gasteiger charge is -2.20. The number of likely N-dealkylation sites (tertiary alicyclic amines) is 1. The number of β-amino-alcohol motifs (C(OH)–C–C–N with tert-alkyl or cyclic N) is 1. The first-order chi connectivity index (χ1) is 9.67. The van der Waals surface area contributed by atoms with Gasteiger partial charge < -0.3 is 25.6 Å². The summed E-state index contributed by atoms with van der Waals surface area (Å²) in [5.74, 6) is 1.24. The summed E-state index contributed by atoms with van der Waals surface area (Å²) >= 11 is 0. The van der Waals surface area contributed by atoms with Crippen molar-refractivity contribution in [3.63, 3.8) is 0 Å². The maximum atomic E-state index is 10.0. The van der Waals surface area contributed by atoms with Crippen molar-refractivity contribution in [3.8, 4) is 5.75 Å². The average molecular weight is 280 g/mol. The van der Waals surface area contributed by atoms with Gasteiger partial charge in [-0.2, -0.15) is 0 Å². The standard InChI is InChI=1S/C15H24N2O3/c16-13-2-1-3-15(8-13)20-11-14(19)10-17-6-4-12(9-17)5-7-18/h1-3,8,12,14,18-19H,4-7,9-11,16H2. The van der Waals surface area contributed by atoms with Crippen LogP contribution in [0.25, 0.3) is 0 Å². The van der Waals surface area contributed by atoms with E-state index in [0.717, 1.165) is 25.9 Å². The third-order valence-corrected chi connectivity index (χ3v) is 3.68. The predicted molar refractivity (Wildman–Crippen MR) is 78.6 cm³/mol.